The van der Waals surface area contributed by atoms with Gasteiger partial charge in [0, 0.05) is 24.7 Å². The van der Waals surface area contributed by atoms with Crippen molar-refractivity contribution in [1.29, 1.82) is 0 Å². The van der Waals surface area contributed by atoms with Crippen LogP contribution in [0.4, 0.5) is 10.1 Å². The zero-order chi connectivity index (χ0) is 21.7. The molecule has 2 aromatic rings. The molecule has 1 saturated heterocycles. The second-order valence-corrected chi connectivity index (χ2v) is 8.80. The first-order valence-electron chi connectivity index (χ1n) is 9.65. The molecule has 1 N–H and O–H groups in total. The third-order valence-corrected chi connectivity index (χ3v) is 6.89. The van der Waals surface area contributed by atoms with Crippen LogP contribution in [0.3, 0.4) is 0 Å². The van der Waals surface area contributed by atoms with Crippen molar-refractivity contribution in [2.45, 2.75) is 24.7 Å². The van der Waals surface area contributed by atoms with Crippen molar-refractivity contribution in [1.82, 2.24) is 4.31 Å². The van der Waals surface area contributed by atoms with Crippen molar-refractivity contribution in [3.63, 3.8) is 0 Å². The molecular weight excluding hydrogens is 411 g/mol. The fraction of sp³-hybridized carbons (Fsp3) is 0.333. The molecule has 0 bridgehead atoms. The molecule has 9 heteroatoms. The number of halogens is 1. The average Bonchev–Trinajstić information content (AvgIpc) is 2.75. The van der Waals surface area contributed by atoms with Crippen molar-refractivity contribution in [2.24, 2.45) is 5.92 Å². The lowest BCUT2D eigenvalue weighted by Crippen LogP contribution is -2.41. The lowest BCUT2D eigenvalue weighted by Gasteiger charge is -2.31. The van der Waals surface area contributed by atoms with E-state index >= 15 is 0 Å². The molecule has 1 heterocycles. The monoisotopic (exact) mass is 434 g/mol. The van der Waals surface area contributed by atoms with E-state index in [9.17, 15) is 22.4 Å². The zero-order valence-corrected chi connectivity index (χ0v) is 17.3. The molecule has 1 aliphatic rings. The molecule has 2 aromatic carbocycles. The van der Waals surface area contributed by atoms with Crippen LogP contribution in [0, 0.1) is 11.7 Å². The minimum Gasteiger partial charge on any atom is -0.462 e. The summed E-state index contributed by atoms with van der Waals surface area (Å²) in [4.78, 5) is 24.5. The van der Waals surface area contributed by atoms with Crippen LogP contribution < -0.4 is 5.32 Å². The van der Waals surface area contributed by atoms with Gasteiger partial charge in [0.2, 0.25) is 15.9 Å². The Hall–Kier alpha value is -2.78. The van der Waals surface area contributed by atoms with E-state index < -0.39 is 21.8 Å². The third-order valence-electron chi connectivity index (χ3n) is 4.94. The third kappa shape index (κ3) is 4.85. The van der Waals surface area contributed by atoms with E-state index in [1.165, 1.54) is 40.7 Å². The Labute approximate surface area is 174 Å². The van der Waals surface area contributed by atoms with E-state index in [2.05, 4.69) is 5.32 Å². The van der Waals surface area contributed by atoms with Gasteiger partial charge in [0.05, 0.1) is 17.1 Å². The number of nitrogens with one attached hydrogen (secondary N) is 1. The number of carbonyl (C=O) groups is 2. The largest absolute Gasteiger partial charge is 0.462 e. The van der Waals surface area contributed by atoms with Crippen molar-refractivity contribution >= 4 is 27.6 Å². The first-order chi connectivity index (χ1) is 14.3. The van der Waals surface area contributed by atoms with E-state index in [1.807, 2.05) is 0 Å². The van der Waals surface area contributed by atoms with Crippen LogP contribution in [0.1, 0.15) is 30.1 Å². The maximum atomic E-state index is 13.1. The summed E-state index contributed by atoms with van der Waals surface area (Å²) in [5.41, 5.74) is 0.482. The first kappa shape index (κ1) is 21.9. The van der Waals surface area contributed by atoms with E-state index in [0.29, 0.717) is 18.5 Å². The molecule has 1 fully saturated rings. The van der Waals surface area contributed by atoms with Crippen molar-refractivity contribution in [2.75, 3.05) is 25.0 Å². The van der Waals surface area contributed by atoms with Crippen LogP contribution in [0.25, 0.3) is 0 Å². The van der Waals surface area contributed by atoms with Crippen LogP contribution in [0.15, 0.2) is 53.4 Å². The van der Waals surface area contributed by atoms with Gasteiger partial charge in [-0.1, -0.05) is 12.1 Å². The SMILES string of the molecule is CCOC(=O)c1ccccc1S(=O)(=O)N1CCC(C(=O)Nc2ccc(F)cc2)CC1. The molecule has 1 aliphatic heterocycles. The van der Waals surface area contributed by atoms with E-state index in [0.717, 1.165) is 0 Å². The number of anilines is 1. The summed E-state index contributed by atoms with van der Waals surface area (Å²) < 4.78 is 45.4. The van der Waals surface area contributed by atoms with Gasteiger partial charge in [-0.25, -0.2) is 17.6 Å². The van der Waals surface area contributed by atoms with Gasteiger partial charge in [0.25, 0.3) is 0 Å². The lowest BCUT2D eigenvalue weighted by atomic mass is 9.97. The average molecular weight is 434 g/mol. The summed E-state index contributed by atoms with van der Waals surface area (Å²) in [6.45, 7) is 2.10. The summed E-state index contributed by atoms with van der Waals surface area (Å²) >= 11 is 0. The van der Waals surface area contributed by atoms with Crippen LogP contribution in [0.5, 0.6) is 0 Å². The Morgan fingerprint density at radius 2 is 1.73 bits per heavy atom. The molecule has 1 amide bonds. The Bertz CT molecular complexity index is 1020. The Morgan fingerprint density at radius 3 is 2.37 bits per heavy atom. The molecule has 0 aliphatic carbocycles. The van der Waals surface area contributed by atoms with Crippen molar-refractivity contribution < 1.29 is 27.1 Å². The van der Waals surface area contributed by atoms with Gasteiger partial charge >= 0.3 is 5.97 Å². The smallest absolute Gasteiger partial charge is 0.339 e. The summed E-state index contributed by atoms with van der Waals surface area (Å²) in [5, 5.41) is 2.73. The number of nitrogens with zero attached hydrogens (tertiary/aromatic N) is 1. The molecule has 0 spiro atoms. The fourth-order valence-corrected chi connectivity index (χ4v) is 4.99. The standard InChI is InChI=1S/C21H23FN2O5S/c1-2-29-21(26)18-5-3-4-6-19(18)30(27,28)24-13-11-15(12-14-24)20(25)23-17-9-7-16(22)8-10-17/h3-10,15H,2,11-14H2,1H3,(H,23,25). The molecule has 30 heavy (non-hydrogen) atoms. The number of amides is 1. The van der Waals surface area contributed by atoms with Gasteiger partial charge in [-0.15, -0.1) is 0 Å². The minimum absolute atomic E-state index is 0.00414. The number of benzene rings is 2. The Balaban J connectivity index is 1.68. The number of rotatable bonds is 6. The second-order valence-electron chi connectivity index (χ2n) is 6.89. The molecule has 0 saturated carbocycles. The number of ether oxygens (including phenoxy) is 1. The number of sulfonamides is 1. The minimum atomic E-state index is -3.91. The number of hydrogen-bond acceptors (Lipinski definition) is 5. The van der Waals surface area contributed by atoms with Crippen LogP contribution in [0.2, 0.25) is 0 Å². The van der Waals surface area contributed by atoms with Gasteiger partial charge < -0.3 is 10.1 Å². The summed E-state index contributed by atoms with van der Waals surface area (Å²) in [6.07, 6.45) is 0.682. The molecule has 0 radical (unpaired) electrons. The molecule has 160 valence electrons. The summed E-state index contributed by atoms with van der Waals surface area (Å²) in [5.74, 6) is -1.67. The van der Waals surface area contributed by atoms with Gasteiger partial charge in [-0.05, 0) is 56.2 Å². The highest BCUT2D eigenvalue weighted by molar-refractivity contribution is 7.89. The number of hydrogen-bond donors (Lipinski definition) is 1. The highest BCUT2D eigenvalue weighted by Gasteiger charge is 2.34. The van der Waals surface area contributed by atoms with Gasteiger partial charge in [-0.3, -0.25) is 4.79 Å². The zero-order valence-electron chi connectivity index (χ0n) is 16.5. The maximum Gasteiger partial charge on any atom is 0.339 e. The Kier molecular flexibility index (Phi) is 6.84. The summed E-state index contributed by atoms with van der Waals surface area (Å²) in [6, 6.07) is 11.4. The number of esters is 1. The maximum absolute atomic E-state index is 13.1. The van der Waals surface area contributed by atoms with Crippen molar-refractivity contribution in [3.8, 4) is 0 Å². The highest BCUT2D eigenvalue weighted by atomic mass is 32.2. The Morgan fingerprint density at radius 1 is 1.10 bits per heavy atom. The lowest BCUT2D eigenvalue weighted by molar-refractivity contribution is -0.120. The molecule has 0 unspecified atom stereocenters. The van der Waals surface area contributed by atoms with E-state index in [-0.39, 0.29) is 42.0 Å². The van der Waals surface area contributed by atoms with Crippen LogP contribution in [-0.2, 0) is 19.6 Å². The predicted octanol–water partition coefficient (Wildman–Crippen LogP) is 3.04. The second kappa shape index (κ2) is 9.36. The number of piperidine rings is 1. The van der Waals surface area contributed by atoms with Gasteiger partial charge in [-0.2, -0.15) is 4.31 Å². The van der Waals surface area contributed by atoms with Gasteiger partial charge in [0.1, 0.15) is 5.82 Å². The van der Waals surface area contributed by atoms with E-state index in [4.69, 9.17) is 4.74 Å². The van der Waals surface area contributed by atoms with Crippen LogP contribution in [-0.4, -0.2) is 44.3 Å². The topological polar surface area (TPSA) is 92.8 Å². The molecule has 3 rings (SSSR count). The normalized spacial score (nSPS) is 15.5. The predicted molar refractivity (Wildman–Crippen MR) is 109 cm³/mol. The first-order valence-corrected chi connectivity index (χ1v) is 11.1. The molecule has 7 nitrogen and oxygen atoms in total. The molecule has 0 atom stereocenters. The highest BCUT2D eigenvalue weighted by Crippen LogP contribution is 2.27. The molecular formula is C21H23FN2O5S. The van der Waals surface area contributed by atoms with Gasteiger partial charge in [0.15, 0.2) is 0 Å². The quantitative estimate of drug-likeness (QED) is 0.706. The fourth-order valence-electron chi connectivity index (χ4n) is 3.34. The van der Waals surface area contributed by atoms with E-state index in [1.54, 1.807) is 19.1 Å². The van der Waals surface area contributed by atoms with Crippen LogP contribution >= 0.6 is 0 Å². The van der Waals surface area contributed by atoms with Crippen molar-refractivity contribution in [3.05, 3.63) is 59.9 Å². The summed E-state index contributed by atoms with van der Waals surface area (Å²) in [7, 11) is -3.91. The number of carbonyl (C=O) groups excluding carboxylic acids is 2. The molecule has 0 aromatic heterocycles.